The molecule has 0 aliphatic heterocycles. The third-order valence-electron chi connectivity index (χ3n) is 3.70. The zero-order valence-corrected chi connectivity index (χ0v) is 18.6. The number of hydrogen-bond acceptors (Lipinski definition) is 5. The summed E-state index contributed by atoms with van der Waals surface area (Å²) in [6.07, 6.45) is 1.31. The first kappa shape index (κ1) is 23.4. The van der Waals surface area contributed by atoms with Crippen molar-refractivity contribution in [2.24, 2.45) is 5.10 Å². The Kier molecular flexibility index (Phi) is 8.82. The van der Waals surface area contributed by atoms with Gasteiger partial charge in [0, 0.05) is 27.3 Å². The molecule has 0 saturated heterocycles. The summed E-state index contributed by atoms with van der Waals surface area (Å²) in [6.45, 7) is 3.64. The first-order valence-electron chi connectivity index (χ1n) is 8.89. The zero-order chi connectivity index (χ0) is 22.1. The molecule has 0 aliphatic rings. The smallest absolute Gasteiger partial charge is 0.329 e. The molecular weight excluding hydrogens is 476 g/mol. The number of hydrazone groups is 1. The van der Waals surface area contributed by atoms with Gasteiger partial charge in [0.15, 0.2) is 6.61 Å². The minimum absolute atomic E-state index is 0.251. The fourth-order valence-electron chi connectivity index (χ4n) is 2.21. The summed E-state index contributed by atoms with van der Waals surface area (Å²) < 4.78 is 6.32. The molecule has 0 aliphatic carbocycles. The van der Waals surface area contributed by atoms with Gasteiger partial charge < -0.3 is 15.4 Å². The molecule has 2 rings (SSSR count). The highest BCUT2D eigenvalue weighted by atomic mass is 79.9. The largest absolute Gasteiger partial charge is 0.483 e. The van der Waals surface area contributed by atoms with Crippen LogP contribution >= 0.6 is 27.5 Å². The number of halogens is 2. The van der Waals surface area contributed by atoms with Crippen LogP contribution in [0.4, 0.5) is 5.69 Å². The molecular formula is C20H20BrClN4O4. The highest BCUT2D eigenvalue weighted by Crippen LogP contribution is 2.22. The lowest BCUT2D eigenvalue weighted by molar-refractivity contribution is -0.139. The van der Waals surface area contributed by atoms with Crippen LogP contribution in [-0.4, -0.2) is 37.1 Å². The Labute approximate surface area is 187 Å². The number of likely N-dealkylation sites (N-methyl/N-ethyl adjacent to an activating group) is 1. The highest BCUT2D eigenvalue weighted by molar-refractivity contribution is 9.10. The standard InChI is InChI=1S/C20H20BrClN4O4/c1-3-23-19(28)20(29)26-24-10-13-8-14(21)5-7-17(13)30-11-18(27)25-15-6-4-12(2)16(22)9-15/h4-10H,3,11H2,1-2H3,(H,23,28)(H,25,27)(H,26,29)/b24-10-. The van der Waals surface area contributed by atoms with E-state index in [4.69, 9.17) is 16.3 Å². The third-order valence-corrected chi connectivity index (χ3v) is 4.60. The maximum atomic E-state index is 12.2. The van der Waals surface area contributed by atoms with E-state index in [1.54, 1.807) is 43.3 Å². The van der Waals surface area contributed by atoms with E-state index >= 15 is 0 Å². The first-order chi connectivity index (χ1) is 14.3. The Bertz CT molecular complexity index is 981. The van der Waals surface area contributed by atoms with Crippen LogP contribution in [0.25, 0.3) is 0 Å². The molecule has 0 aromatic heterocycles. The van der Waals surface area contributed by atoms with Gasteiger partial charge in [-0.05, 0) is 49.7 Å². The van der Waals surface area contributed by atoms with Crippen LogP contribution in [-0.2, 0) is 14.4 Å². The summed E-state index contributed by atoms with van der Waals surface area (Å²) in [5.74, 6) is -1.67. The van der Waals surface area contributed by atoms with Crippen molar-refractivity contribution < 1.29 is 19.1 Å². The topological polar surface area (TPSA) is 109 Å². The van der Waals surface area contributed by atoms with Crippen molar-refractivity contribution >= 4 is 57.2 Å². The number of hydrogen-bond donors (Lipinski definition) is 3. The lowest BCUT2D eigenvalue weighted by Gasteiger charge is -2.11. The summed E-state index contributed by atoms with van der Waals surface area (Å²) in [5.41, 5.74) is 4.08. The Morgan fingerprint density at radius 1 is 1.17 bits per heavy atom. The quantitative estimate of drug-likeness (QED) is 0.312. The van der Waals surface area contributed by atoms with Crippen LogP contribution in [0.5, 0.6) is 5.75 Å². The maximum absolute atomic E-state index is 12.2. The summed E-state index contributed by atoms with van der Waals surface area (Å²) in [7, 11) is 0. The van der Waals surface area contributed by atoms with Gasteiger partial charge in [0.05, 0.1) is 6.21 Å². The lowest BCUT2D eigenvalue weighted by atomic mass is 10.2. The Morgan fingerprint density at radius 3 is 2.63 bits per heavy atom. The zero-order valence-electron chi connectivity index (χ0n) is 16.3. The van der Waals surface area contributed by atoms with E-state index in [1.807, 2.05) is 6.92 Å². The molecule has 2 aromatic carbocycles. The highest BCUT2D eigenvalue weighted by Gasteiger charge is 2.11. The molecule has 0 unspecified atom stereocenters. The number of benzene rings is 2. The van der Waals surface area contributed by atoms with E-state index in [1.165, 1.54) is 6.21 Å². The number of carbonyl (C=O) groups excluding carboxylic acids is 3. The van der Waals surface area contributed by atoms with Crippen molar-refractivity contribution in [3.05, 3.63) is 57.0 Å². The molecule has 0 atom stereocenters. The fourth-order valence-corrected chi connectivity index (χ4v) is 2.77. The van der Waals surface area contributed by atoms with Crippen molar-refractivity contribution in [2.45, 2.75) is 13.8 Å². The van der Waals surface area contributed by atoms with Crippen LogP contribution in [0.2, 0.25) is 5.02 Å². The average molecular weight is 496 g/mol. The summed E-state index contributed by atoms with van der Waals surface area (Å²) in [5, 5.41) is 9.37. The van der Waals surface area contributed by atoms with Gasteiger partial charge in [-0.15, -0.1) is 0 Å². The molecule has 0 heterocycles. The number of nitrogens with one attached hydrogen (secondary N) is 3. The Morgan fingerprint density at radius 2 is 1.93 bits per heavy atom. The first-order valence-corrected chi connectivity index (χ1v) is 10.1. The molecule has 0 fully saturated rings. The van der Waals surface area contributed by atoms with Crippen molar-refractivity contribution in [1.29, 1.82) is 0 Å². The number of amides is 3. The third kappa shape index (κ3) is 7.16. The molecule has 0 bridgehead atoms. The van der Waals surface area contributed by atoms with Crippen LogP contribution in [0.15, 0.2) is 46.0 Å². The van der Waals surface area contributed by atoms with Crippen molar-refractivity contribution in [3.8, 4) is 5.75 Å². The fraction of sp³-hybridized carbons (Fsp3) is 0.200. The van der Waals surface area contributed by atoms with Gasteiger partial charge in [-0.1, -0.05) is 33.6 Å². The van der Waals surface area contributed by atoms with Gasteiger partial charge >= 0.3 is 11.8 Å². The van der Waals surface area contributed by atoms with Crippen molar-refractivity contribution in [2.75, 3.05) is 18.5 Å². The van der Waals surface area contributed by atoms with Crippen molar-refractivity contribution in [3.63, 3.8) is 0 Å². The molecule has 3 N–H and O–H groups in total. The average Bonchev–Trinajstić information content (AvgIpc) is 2.70. The molecule has 0 saturated carbocycles. The van der Waals surface area contributed by atoms with Crippen LogP contribution < -0.4 is 20.8 Å². The van der Waals surface area contributed by atoms with E-state index in [9.17, 15) is 14.4 Å². The van der Waals surface area contributed by atoms with Crippen molar-refractivity contribution in [1.82, 2.24) is 10.7 Å². The van der Waals surface area contributed by atoms with E-state index < -0.39 is 11.8 Å². The minimum Gasteiger partial charge on any atom is -0.483 e. The monoisotopic (exact) mass is 494 g/mol. The molecule has 10 heteroatoms. The van der Waals surface area contributed by atoms with Crippen LogP contribution in [0, 0.1) is 6.92 Å². The molecule has 30 heavy (non-hydrogen) atoms. The molecule has 3 amide bonds. The van der Waals surface area contributed by atoms with E-state index in [0.29, 0.717) is 28.6 Å². The van der Waals surface area contributed by atoms with Gasteiger partial charge in [0.1, 0.15) is 5.75 Å². The molecule has 8 nitrogen and oxygen atoms in total. The molecule has 0 spiro atoms. The SMILES string of the molecule is CCNC(=O)C(=O)N/N=C\c1cc(Br)ccc1OCC(=O)Nc1ccc(C)c(Cl)c1. The van der Waals surface area contributed by atoms with Gasteiger partial charge in [0.2, 0.25) is 0 Å². The van der Waals surface area contributed by atoms with Crippen LogP contribution in [0.3, 0.4) is 0 Å². The second-order valence-electron chi connectivity index (χ2n) is 6.04. The predicted octanol–water partition coefficient (Wildman–Crippen LogP) is 3.01. The number of aryl methyl sites for hydroxylation is 1. The van der Waals surface area contributed by atoms with Gasteiger partial charge in [-0.3, -0.25) is 14.4 Å². The van der Waals surface area contributed by atoms with Gasteiger partial charge in [-0.25, -0.2) is 5.43 Å². The summed E-state index contributed by atoms with van der Waals surface area (Å²) in [4.78, 5) is 35.1. The minimum atomic E-state index is -0.887. The number of carbonyl (C=O) groups is 3. The van der Waals surface area contributed by atoms with E-state index in [-0.39, 0.29) is 12.5 Å². The number of rotatable bonds is 7. The normalized spacial score (nSPS) is 10.5. The second-order valence-corrected chi connectivity index (χ2v) is 7.36. The number of ether oxygens (including phenoxy) is 1. The van der Waals surface area contributed by atoms with E-state index in [2.05, 4.69) is 37.1 Å². The second kappa shape index (κ2) is 11.3. The summed E-state index contributed by atoms with van der Waals surface area (Å²) in [6, 6.07) is 10.3. The predicted molar refractivity (Wildman–Crippen MR) is 119 cm³/mol. The van der Waals surface area contributed by atoms with Gasteiger partial charge in [0.25, 0.3) is 5.91 Å². The van der Waals surface area contributed by atoms with Gasteiger partial charge in [-0.2, -0.15) is 5.10 Å². The van der Waals surface area contributed by atoms with Crippen LogP contribution in [0.1, 0.15) is 18.1 Å². The lowest BCUT2D eigenvalue weighted by Crippen LogP contribution is -2.37. The number of anilines is 1. The number of nitrogens with zero attached hydrogens (tertiary/aromatic N) is 1. The maximum Gasteiger partial charge on any atom is 0.329 e. The Hall–Kier alpha value is -2.91. The molecule has 0 radical (unpaired) electrons. The Balaban J connectivity index is 1.99. The summed E-state index contributed by atoms with van der Waals surface area (Å²) >= 11 is 9.39. The molecule has 2 aromatic rings. The molecule has 158 valence electrons. The van der Waals surface area contributed by atoms with E-state index in [0.717, 1.165) is 10.0 Å².